The SMILES string of the molecule is CNCC(CC(=O)O)c1ccc2oc(C)nc2c1. The van der Waals surface area contributed by atoms with Gasteiger partial charge in [-0.05, 0) is 24.7 Å². The number of benzene rings is 1. The monoisotopic (exact) mass is 248 g/mol. The number of aliphatic carboxylic acids is 1. The van der Waals surface area contributed by atoms with E-state index in [-0.39, 0.29) is 12.3 Å². The fraction of sp³-hybridized carbons (Fsp3) is 0.385. The fourth-order valence-electron chi connectivity index (χ4n) is 2.08. The molecule has 2 N–H and O–H groups in total. The van der Waals surface area contributed by atoms with Crippen LogP contribution in [-0.4, -0.2) is 29.7 Å². The highest BCUT2D eigenvalue weighted by atomic mass is 16.4. The minimum atomic E-state index is -0.799. The fourth-order valence-corrected chi connectivity index (χ4v) is 2.08. The van der Waals surface area contributed by atoms with Crippen molar-refractivity contribution in [3.05, 3.63) is 29.7 Å². The quantitative estimate of drug-likeness (QED) is 0.845. The first-order valence-corrected chi connectivity index (χ1v) is 5.83. The van der Waals surface area contributed by atoms with E-state index in [1.807, 2.05) is 25.2 Å². The third kappa shape index (κ3) is 2.68. The number of carboxylic acids is 1. The maximum atomic E-state index is 10.9. The number of carboxylic acid groups (broad SMARTS) is 1. The number of nitrogens with one attached hydrogen (secondary N) is 1. The molecule has 0 fully saturated rings. The van der Waals surface area contributed by atoms with E-state index in [1.165, 1.54) is 0 Å². The van der Waals surface area contributed by atoms with E-state index in [0.29, 0.717) is 12.4 Å². The summed E-state index contributed by atoms with van der Waals surface area (Å²) in [6.45, 7) is 2.41. The topological polar surface area (TPSA) is 75.4 Å². The number of fused-ring (bicyclic) bond motifs is 1. The highest BCUT2D eigenvalue weighted by Gasteiger charge is 2.16. The summed E-state index contributed by atoms with van der Waals surface area (Å²) >= 11 is 0. The molecule has 2 rings (SSSR count). The Labute approximate surface area is 105 Å². The Morgan fingerprint density at radius 2 is 2.33 bits per heavy atom. The summed E-state index contributed by atoms with van der Waals surface area (Å²) in [6, 6.07) is 5.64. The summed E-state index contributed by atoms with van der Waals surface area (Å²) < 4.78 is 5.40. The average molecular weight is 248 g/mol. The zero-order chi connectivity index (χ0) is 13.1. The van der Waals surface area contributed by atoms with Gasteiger partial charge in [0.1, 0.15) is 5.52 Å². The number of hydrogen-bond acceptors (Lipinski definition) is 4. The molecule has 1 atom stereocenters. The van der Waals surface area contributed by atoms with Crippen molar-refractivity contribution in [3.8, 4) is 0 Å². The molecule has 5 nitrogen and oxygen atoms in total. The van der Waals surface area contributed by atoms with Gasteiger partial charge in [-0.2, -0.15) is 0 Å². The van der Waals surface area contributed by atoms with Crippen LogP contribution in [0.25, 0.3) is 11.1 Å². The van der Waals surface area contributed by atoms with Crippen molar-refractivity contribution in [2.24, 2.45) is 0 Å². The molecule has 0 aliphatic heterocycles. The van der Waals surface area contributed by atoms with Crippen LogP contribution < -0.4 is 5.32 Å². The first kappa shape index (κ1) is 12.6. The van der Waals surface area contributed by atoms with Crippen LogP contribution in [0.4, 0.5) is 0 Å². The van der Waals surface area contributed by atoms with Crippen molar-refractivity contribution in [2.75, 3.05) is 13.6 Å². The summed E-state index contributed by atoms with van der Waals surface area (Å²) in [4.78, 5) is 15.1. The Kier molecular flexibility index (Phi) is 3.62. The lowest BCUT2D eigenvalue weighted by molar-refractivity contribution is -0.137. The van der Waals surface area contributed by atoms with Gasteiger partial charge in [-0.1, -0.05) is 6.07 Å². The van der Waals surface area contributed by atoms with Gasteiger partial charge < -0.3 is 14.8 Å². The number of rotatable bonds is 5. The van der Waals surface area contributed by atoms with Crippen LogP contribution in [0.15, 0.2) is 22.6 Å². The van der Waals surface area contributed by atoms with E-state index in [1.54, 1.807) is 6.92 Å². The Morgan fingerprint density at radius 3 is 3.00 bits per heavy atom. The van der Waals surface area contributed by atoms with Crippen LogP contribution in [0.2, 0.25) is 0 Å². The van der Waals surface area contributed by atoms with Crippen LogP contribution in [0.1, 0.15) is 23.8 Å². The molecule has 0 aliphatic carbocycles. The molecule has 0 aliphatic rings. The summed E-state index contributed by atoms with van der Waals surface area (Å²) in [6.07, 6.45) is 0.100. The van der Waals surface area contributed by atoms with Crippen LogP contribution >= 0.6 is 0 Å². The molecule has 1 aromatic carbocycles. The Bertz CT molecular complexity index is 562. The molecular weight excluding hydrogens is 232 g/mol. The third-order valence-corrected chi connectivity index (χ3v) is 2.86. The molecule has 0 saturated heterocycles. The highest BCUT2D eigenvalue weighted by molar-refractivity contribution is 5.74. The van der Waals surface area contributed by atoms with Gasteiger partial charge >= 0.3 is 5.97 Å². The number of oxazole rings is 1. The lowest BCUT2D eigenvalue weighted by Crippen LogP contribution is -2.19. The van der Waals surface area contributed by atoms with Gasteiger partial charge in [-0.25, -0.2) is 4.98 Å². The van der Waals surface area contributed by atoms with Gasteiger partial charge in [-0.15, -0.1) is 0 Å². The third-order valence-electron chi connectivity index (χ3n) is 2.86. The number of hydrogen-bond donors (Lipinski definition) is 2. The van der Waals surface area contributed by atoms with E-state index in [4.69, 9.17) is 9.52 Å². The lowest BCUT2D eigenvalue weighted by atomic mass is 9.95. The van der Waals surface area contributed by atoms with Gasteiger partial charge in [0.2, 0.25) is 0 Å². The maximum Gasteiger partial charge on any atom is 0.304 e. The molecule has 0 spiro atoms. The molecular formula is C13H16N2O3. The van der Waals surface area contributed by atoms with Crippen LogP contribution in [0.5, 0.6) is 0 Å². The van der Waals surface area contributed by atoms with Gasteiger partial charge in [0, 0.05) is 19.4 Å². The van der Waals surface area contributed by atoms with E-state index < -0.39 is 5.97 Å². The predicted molar refractivity (Wildman–Crippen MR) is 67.7 cm³/mol. The highest BCUT2D eigenvalue weighted by Crippen LogP contribution is 2.24. The molecule has 0 amide bonds. The van der Waals surface area contributed by atoms with Gasteiger partial charge in [0.05, 0.1) is 6.42 Å². The van der Waals surface area contributed by atoms with Gasteiger partial charge in [0.15, 0.2) is 11.5 Å². The van der Waals surface area contributed by atoms with Gasteiger partial charge in [-0.3, -0.25) is 4.79 Å². The molecule has 96 valence electrons. The maximum absolute atomic E-state index is 10.9. The van der Waals surface area contributed by atoms with Crippen molar-refractivity contribution in [2.45, 2.75) is 19.3 Å². The summed E-state index contributed by atoms with van der Waals surface area (Å²) in [5.74, 6) is -0.244. The Morgan fingerprint density at radius 1 is 1.56 bits per heavy atom. The molecule has 18 heavy (non-hydrogen) atoms. The largest absolute Gasteiger partial charge is 0.481 e. The number of likely N-dealkylation sites (N-methyl/N-ethyl adjacent to an activating group) is 1. The van der Waals surface area contributed by atoms with Crippen molar-refractivity contribution in [1.82, 2.24) is 10.3 Å². The standard InChI is InChI=1S/C13H16N2O3/c1-8-15-11-5-9(3-4-12(11)18-8)10(7-14-2)6-13(16)17/h3-5,10,14H,6-7H2,1-2H3,(H,16,17). The molecule has 1 heterocycles. The Balaban J connectivity index is 2.33. The van der Waals surface area contributed by atoms with Gasteiger partial charge in [0.25, 0.3) is 0 Å². The van der Waals surface area contributed by atoms with Crippen LogP contribution in [-0.2, 0) is 4.79 Å². The molecule has 1 unspecified atom stereocenters. The second-order valence-electron chi connectivity index (χ2n) is 4.31. The Hall–Kier alpha value is -1.88. The van der Waals surface area contributed by atoms with E-state index >= 15 is 0 Å². The minimum Gasteiger partial charge on any atom is -0.481 e. The smallest absolute Gasteiger partial charge is 0.304 e. The molecule has 5 heteroatoms. The average Bonchev–Trinajstić information content (AvgIpc) is 2.66. The van der Waals surface area contributed by atoms with Crippen molar-refractivity contribution < 1.29 is 14.3 Å². The molecule has 0 saturated carbocycles. The zero-order valence-electron chi connectivity index (χ0n) is 10.4. The number of nitrogens with zero attached hydrogens (tertiary/aromatic N) is 1. The van der Waals surface area contributed by atoms with Crippen LogP contribution in [0, 0.1) is 6.92 Å². The number of aryl methyl sites for hydroxylation is 1. The number of carbonyl (C=O) groups is 1. The predicted octanol–water partition coefficient (Wildman–Crippen LogP) is 1.91. The van der Waals surface area contributed by atoms with Crippen LogP contribution in [0.3, 0.4) is 0 Å². The number of aromatic nitrogens is 1. The molecule has 2 aromatic rings. The second kappa shape index (κ2) is 5.18. The molecule has 0 bridgehead atoms. The second-order valence-corrected chi connectivity index (χ2v) is 4.31. The van der Waals surface area contributed by atoms with Crippen molar-refractivity contribution in [1.29, 1.82) is 0 Å². The zero-order valence-corrected chi connectivity index (χ0v) is 10.4. The van der Waals surface area contributed by atoms with E-state index in [2.05, 4.69) is 10.3 Å². The van der Waals surface area contributed by atoms with E-state index in [0.717, 1.165) is 16.7 Å². The lowest BCUT2D eigenvalue weighted by Gasteiger charge is -2.14. The van der Waals surface area contributed by atoms with Crippen molar-refractivity contribution in [3.63, 3.8) is 0 Å². The minimum absolute atomic E-state index is 0.0612. The first-order valence-electron chi connectivity index (χ1n) is 5.83. The molecule has 0 radical (unpaired) electrons. The first-order chi connectivity index (χ1) is 8.60. The van der Waals surface area contributed by atoms with Crippen molar-refractivity contribution >= 4 is 17.1 Å². The summed E-state index contributed by atoms with van der Waals surface area (Å²) in [7, 11) is 1.81. The normalized spacial score (nSPS) is 12.8. The summed E-state index contributed by atoms with van der Waals surface area (Å²) in [5.41, 5.74) is 2.47. The summed E-state index contributed by atoms with van der Waals surface area (Å²) in [5, 5.41) is 11.9. The molecule has 1 aromatic heterocycles. The van der Waals surface area contributed by atoms with E-state index in [9.17, 15) is 4.79 Å².